The van der Waals surface area contributed by atoms with Crippen LogP contribution in [0.3, 0.4) is 0 Å². The Morgan fingerprint density at radius 2 is 1.70 bits per heavy atom. The van der Waals surface area contributed by atoms with Crippen LogP contribution in [-0.4, -0.2) is 63.3 Å². The van der Waals surface area contributed by atoms with E-state index in [0.717, 1.165) is 12.3 Å². The molecule has 3 heterocycles. The minimum Gasteiger partial charge on any atom is -0.478 e. The molecular weight excluding hydrogens is 546 g/mol. The highest BCUT2D eigenvalue weighted by Crippen LogP contribution is 2.37. The summed E-state index contributed by atoms with van der Waals surface area (Å²) in [5.74, 6) is -5.83. The van der Waals surface area contributed by atoms with Gasteiger partial charge in [0.1, 0.15) is 12.1 Å². The number of aromatic nitrogens is 2. The first-order chi connectivity index (χ1) is 18.8. The molecule has 2 aliphatic rings. The van der Waals surface area contributed by atoms with Gasteiger partial charge in [-0.2, -0.15) is 18.3 Å². The van der Waals surface area contributed by atoms with Crippen LogP contribution in [0, 0.1) is 17.5 Å². The van der Waals surface area contributed by atoms with Gasteiger partial charge in [-0.05, 0) is 36.4 Å². The Morgan fingerprint density at radius 1 is 1.02 bits per heavy atom. The zero-order valence-electron chi connectivity index (χ0n) is 20.7. The van der Waals surface area contributed by atoms with Crippen LogP contribution >= 0.6 is 0 Å². The Kier molecular flexibility index (Phi) is 6.98. The number of alkyl halides is 3. The lowest BCUT2D eigenvalue weighted by molar-refractivity contribution is -0.142. The molecule has 1 amide bonds. The van der Waals surface area contributed by atoms with Crippen molar-refractivity contribution in [1.29, 1.82) is 0 Å². The molecule has 14 heteroatoms. The lowest BCUT2D eigenvalue weighted by atomic mass is 9.91. The predicted octanol–water partition coefficient (Wildman–Crippen LogP) is 5.22. The fraction of sp³-hybridized carbons (Fsp3) is 0.346. The molecule has 2 aromatic carbocycles. The zero-order valence-corrected chi connectivity index (χ0v) is 20.7. The summed E-state index contributed by atoms with van der Waals surface area (Å²) in [4.78, 5) is 27.0. The smallest absolute Gasteiger partial charge is 0.415 e. The molecule has 2 saturated heterocycles. The number of benzene rings is 2. The molecule has 0 aliphatic carbocycles. The molecule has 0 atom stereocenters. The van der Waals surface area contributed by atoms with Gasteiger partial charge in [-0.25, -0.2) is 22.8 Å². The van der Waals surface area contributed by atoms with Gasteiger partial charge < -0.3 is 9.84 Å². The van der Waals surface area contributed by atoms with Gasteiger partial charge in [0.05, 0.1) is 17.8 Å². The predicted molar refractivity (Wildman–Crippen MR) is 128 cm³/mol. The van der Waals surface area contributed by atoms with Crippen molar-refractivity contribution in [1.82, 2.24) is 14.7 Å². The summed E-state index contributed by atoms with van der Waals surface area (Å²) in [6, 6.07) is 7.39. The quantitative estimate of drug-likeness (QED) is 0.324. The lowest BCUT2D eigenvalue weighted by Crippen LogP contribution is -2.46. The third-order valence-corrected chi connectivity index (χ3v) is 7.03. The number of carboxylic acid groups (broad SMARTS) is 1. The first-order valence-corrected chi connectivity index (χ1v) is 12.2. The second-order valence-corrected chi connectivity index (χ2v) is 9.80. The number of hydrogen-bond acceptors (Lipinski definition) is 5. The van der Waals surface area contributed by atoms with E-state index >= 15 is 0 Å². The van der Waals surface area contributed by atoms with E-state index in [9.17, 15) is 35.9 Å². The van der Waals surface area contributed by atoms with Crippen molar-refractivity contribution in [2.45, 2.75) is 37.7 Å². The van der Waals surface area contributed by atoms with Crippen LogP contribution in [0.2, 0.25) is 0 Å². The lowest BCUT2D eigenvalue weighted by Gasteiger charge is -2.37. The SMILES string of the molecule is O=C(O)c1ccc(N2CC3(CCN(Cc4cn(CC(F)(F)F)nc4-c4ccc(F)c(F)c4F)CC3)OC2=O)cc1. The van der Waals surface area contributed by atoms with Gasteiger partial charge in [0.25, 0.3) is 0 Å². The van der Waals surface area contributed by atoms with E-state index in [1.165, 1.54) is 29.2 Å². The first-order valence-electron chi connectivity index (χ1n) is 12.2. The number of likely N-dealkylation sites (tertiary alicyclic amines) is 1. The average Bonchev–Trinajstić information content (AvgIpc) is 3.42. The Bertz CT molecular complexity index is 1450. The summed E-state index contributed by atoms with van der Waals surface area (Å²) in [6.07, 6.45) is -3.33. The minimum atomic E-state index is -4.61. The number of rotatable bonds is 6. The zero-order chi connectivity index (χ0) is 28.8. The number of nitrogens with zero attached hydrogens (tertiary/aromatic N) is 4. The maximum absolute atomic E-state index is 14.5. The van der Waals surface area contributed by atoms with E-state index in [1.54, 1.807) is 0 Å². The van der Waals surface area contributed by atoms with Crippen LogP contribution in [-0.2, 0) is 17.8 Å². The molecule has 1 aromatic heterocycles. The number of ether oxygens (including phenoxy) is 1. The number of carbonyl (C=O) groups excluding carboxylic acids is 1. The number of piperidine rings is 1. The van der Waals surface area contributed by atoms with Crippen LogP contribution < -0.4 is 4.90 Å². The molecule has 1 N–H and O–H groups in total. The van der Waals surface area contributed by atoms with E-state index in [1.807, 2.05) is 4.90 Å². The number of carboxylic acids is 1. The molecule has 40 heavy (non-hydrogen) atoms. The minimum absolute atomic E-state index is 0.0377. The van der Waals surface area contributed by atoms with Gasteiger partial charge >= 0.3 is 18.2 Å². The number of hydrogen-bond donors (Lipinski definition) is 1. The van der Waals surface area contributed by atoms with Gasteiger partial charge in [-0.1, -0.05) is 0 Å². The van der Waals surface area contributed by atoms with E-state index in [4.69, 9.17) is 9.84 Å². The molecule has 0 radical (unpaired) electrons. The van der Waals surface area contributed by atoms with E-state index in [2.05, 4.69) is 5.10 Å². The van der Waals surface area contributed by atoms with Gasteiger partial charge in [-0.3, -0.25) is 14.5 Å². The summed E-state index contributed by atoms with van der Waals surface area (Å²) in [5, 5.41) is 12.9. The first kappa shape index (κ1) is 27.5. The third kappa shape index (κ3) is 5.48. The Labute approximate surface area is 223 Å². The Balaban J connectivity index is 1.32. The largest absolute Gasteiger partial charge is 0.478 e. The normalized spacial score (nSPS) is 17.4. The Morgan fingerprint density at radius 3 is 2.33 bits per heavy atom. The summed E-state index contributed by atoms with van der Waals surface area (Å²) in [7, 11) is 0. The van der Waals surface area contributed by atoms with Crippen molar-refractivity contribution in [2.24, 2.45) is 0 Å². The summed E-state index contributed by atoms with van der Waals surface area (Å²) in [6.45, 7) is -0.461. The highest BCUT2D eigenvalue weighted by atomic mass is 19.4. The molecular formula is C26H22F6N4O4. The second-order valence-electron chi connectivity index (χ2n) is 9.80. The maximum atomic E-state index is 14.5. The van der Waals surface area contributed by atoms with E-state index in [0.29, 0.717) is 42.4 Å². The van der Waals surface area contributed by atoms with Crippen molar-refractivity contribution in [3.05, 3.63) is 71.2 Å². The van der Waals surface area contributed by atoms with Crippen molar-refractivity contribution in [2.75, 3.05) is 24.5 Å². The molecule has 212 valence electrons. The van der Waals surface area contributed by atoms with Crippen LogP contribution in [0.15, 0.2) is 42.6 Å². The van der Waals surface area contributed by atoms with Crippen molar-refractivity contribution in [3.8, 4) is 11.3 Å². The average molecular weight is 568 g/mol. The van der Waals surface area contributed by atoms with E-state index in [-0.39, 0.29) is 29.9 Å². The van der Waals surface area contributed by atoms with Gasteiger partial charge in [0, 0.05) is 55.5 Å². The van der Waals surface area contributed by atoms with Crippen LogP contribution in [0.5, 0.6) is 0 Å². The Hall–Kier alpha value is -4.07. The standard InChI is InChI=1S/C26H22F6N4O4/c27-19-6-5-18(20(28)21(19)29)22-16(12-35(33-22)14-26(30,31)32)11-34-9-7-25(8-10-34)13-36(24(39)40-25)17-3-1-15(2-4-17)23(37)38/h1-6,12H,7-11,13-14H2,(H,37,38). The molecule has 1 spiro atoms. The monoisotopic (exact) mass is 568 g/mol. The molecule has 0 bridgehead atoms. The number of carbonyl (C=O) groups is 2. The van der Waals surface area contributed by atoms with Crippen LogP contribution in [0.4, 0.5) is 36.8 Å². The summed E-state index contributed by atoms with van der Waals surface area (Å²) < 4.78 is 87.3. The van der Waals surface area contributed by atoms with Crippen molar-refractivity contribution in [3.63, 3.8) is 0 Å². The number of anilines is 1. The third-order valence-electron chi connectivity index (χ3n) is 7.03. The van der Waals surface area contributed by atoms with Crippen LogP contribution in [0.1, 0.15) is 28.8 Å². The van der Waals surface area contributed by atoms with Gasteiger partial charge in [0.2, 0.25) is 0 Å². The molecule has 3 aromatic rings. The number of aromatic carboxylic acids is 1. The topological polar surface area (TPSA) is 87.9 Å². The number of amides is 1. The fourth-order valence-corrected chi connectivity index (χ4v) is 5.00. The molecule has 2 aliphatic heterocycles. The molecule has 5 rings (SSSR count). The fourth-order valence-electron chi connectivity index (χ4n) is 5.00. The highest BCUT2D eigenvalue weighted by molar-refractivity contribution is 5.92. The highest BCUT2D eigenvalue weighted by Gasteiger charge is 2.47. The second kappa shape index (κ2) is 10.2. The summed E-state index contributed by atoms with van der Waals surface area (Å²) >= 11 is 0. The molecule has 0 saturated carbocycles. The number of halogens is 6. The maximum Gasteiger partial charge on any atom is 0.415 e. The van der Waals surface area contributed by atoms with Gasteiger partial charge in [0.15, 0.2) is 17.5 Å². The van der Waals surface area contributed by atoms with Gasteiger partial charge in [-0.15, -0.1) is 0 Å². The molecule has 8 nitrogen and oxygen atoms in total. The molecule has 2 fully saturated rings. The van der Waals surface area contributed by atoms with E-state index < -0.39 is 53.4 Å². The van der Waals surface area contributed by atoms with Crippen molar-refractivity contribution >= 4 is 17.7 Å². The van der Waals surface area contributed by atoms with Crippen molar-refractivity contribution < 1.29 is 45.8 Å². The molecule has 0 unspecified atom stereocenters. The summed E-state index contributed by atoms with van der Waals surface area (Å²) in [5.41, 5.74) is -0.783. The van der Waals surface area contributed by atoms with Crippen LogP contribution in [0.25, 0.3) is 11.3 Å².